The van der Waals surface area contributed by atoms with Gasteiger partial charge in [-0.25, -0.2) is 4.98 Å². The minimum absolute atomic E-state index is 0.301. The van der Waals surface area contributed by atoms with Crippen LogP contribution < -0.4 is 19.5 Å². The van der Waals surface area contributed by atoms with E-state index in [0.29, 0.717) is 22.2 Å². The van der Waals surface area contributed by atoms with E-state index in [2.05, 4.69) is 10.3 Å². The number of hydrogen-bond acceptors (Lipinski definition) is 6. The summed E-state index contributed by atoms with van der Waals surface area (Å²) in [6.45, 7) is 0. The van der Waals surface area contributed by atoms with E-state index in [1.54, 1.807) is 32.4 Å². The SMILES string of the molecule is COc1ccc(C(=O)Nc2nc(-c3ccccc3OC)cs2)c(OC)c1. The second-order valence-corrected chi connectivity index (χ2v) is 6.12. The molecule has 0 fully saturated rings. The zero-order chi connectivity index (χ0) is 18.5. The van der Waals surface area contributed by atoms with Gasteiger partial charge in [-0.3, -0.25) is 10.1 Å². The molecule has 1 N–H and O–H groups in total. The number of amides is 1. The summed E-state index contributed by atoms with van der Waals surface area (Å²) in [7, 11) is 4.68. The predicted molar refractivity (Wildman–Crippen MR) is 102 cm³/mol. The number of nitrogens with one attached hydrogen (secondary N) is 1. The maximum atomic E-state index is 12.6. The van der Waals surface area contributed by atoms with Crippen LogP contribution in [0.4, 0.5) is 5.13 Å². The molecule has 7 heteroatoms. The Morgan fingerprint density at radius 2 is 1.77 bits per heavy atom. The highest BCUT2D eigenvalue weighted by atomic mass is 32.1. The molecule has 0 aliphatic rings. The standard InChI is InChI=1S/C19H18N2O4S/c1-23-12-8-9-14(17(10-12)25-3)18(22)21-19-20-15(11-26-19)13-6-4-5-7-16(13)24-2/h4-11H,1-3H3,(H,20,21,22). The van der Waals surface area contributed by atoms with Crippen molar-refractivity contribution < 1.29 is 19.0 Å². The van der Waals surface area contributed by atoms with Gasteiger partial charge in [-0.2, -0.15) is 0 Å². The molecule has 3 rings (SSSR count). The summed E-state index contributed by atoms with van der Waals surface area (Å²) in [6.07, 6.45) is 0. The largest absolute Gasteiger partial charge is 0.497 e. The summed E-state index contributed by atoms with van der Waals surface area (Å²) >= 11 is 1.34. The predicted octanol–water partition coefficient (Wildman–Crippen LogP) is 4.09. The van der Waals surface area contributed by atoms with Crippen molar-refractivity contribution >= 4 is 22.4 Å². The van der Waals surface area contributed by atoms with E-state index in [0.717, 1.165) is 17.0 Å². The van der Waals surface area contributed by atoms with E-state index in [1.165, 1.54) is 18.4 Å². The van der Waals surface area contributed by atoms with E-state index in [1.807, 2.05) is 29.6 Å². The molecule has 1 aromatic heterocycles. The van der Waals surface area contributed by atoms with E-state index in [4.69, 9.17) is 14.2 Å². The number of benzene rings is 2. The Labute approximate surface area is 155 Å². The number of ether oxygens (including phenoxy) is 3. The molecule has 0 saturated heterocycles. The molecule has 3 aromatic rings. The van der Waals surface area contributed by atoms with Gasteiger partial charge in [-0.1, -0.05) is 12.1 Å². The first kappa shape index (κ1) is 17.8. The van der Waals surface area contributed by atoms with E-state index >= 15 is 0 Å². The van der Waals surface area contributed by atoms with Crippen LogP contribution in [0.1, 0.15) is 10.4 Å². The summed E-state index contributed by atoms with van der Waals surface area (Å²) in [5.41, 5.74) is 2.01. The number of methoxy groups -OCH3 is 3. The molecule has 0 saturated carbocycles. The second-order valence-electron chi connectivity index (χ2n) is 5.26. The van der Waals surface area contributed by atoms with Gasteiger partial charge in [-0.15, -0.1) is 11.3 Å². The lowest BCUT2D eigenvalue weighted by Gasteiger charge is -2.09. The Balaban J connectivity index is 1.82. The Hall–Kier alpha value is -3.06. The number of carbonyl (C=O) groups is 1. The summed E-state index contributed by atoms with van der Waals surface area (Å²) in [5, 5.41) is 5.17. The second kappa shape index (κ2) is 7.88. The molecule has 1 heterocycles. The molecular formula is C19H18N2O4S. The number of nitrogens with zero attached hydrogens (tertiary/aromatic N) is 1. The zero-order valence-electron chi connectivity index (χ0n) is 14.6. The number of aromatic nitrogens is 1. The van der Waals surface area contributed by atoms with Crippen molar-refractivity contribution in [3.05, 3.63) is 53.4 Å². The molecule has 26 heavy (non-hydrogen) atoms. The molecule has 1 amide bonds. The van der Waals surface area contributed by atoms with E-state index in [9.17, 15) is 4.79 Å². The number of para-hydroxylation sites is 1. The van der Waals surface area contributed by atoms with E-state index in [-0.39, 0.29) is 5.91 Å². The van der Waals surface area contributed by atoms with Crippen LogP contribution in [0.25, 0.3) is 11.3 Å². The molecule has 6 nitrogen and oxygen atoms in total. The van der Waals surface area contributed by atoms with Gasteiger partial charge >= 0.3 is 0 Å². The number of thiazole rings is 1. The third-order valence-corrected chi connectivity index (χ3v) is 4.52. The fourth-order valence-electron chi connectivity index (χ4n) is 2.46. The fraction of sp³-hybridized carbons (Fsp3) is 0.158. The topological polar surface area (TPSA) is 69.7 Å². The van der Waals surface area contributed by atoms with Gasteiger partial charge in [0, 0.05) is 17.0 Å². The Kier molecular flexibility index (Phi) is 5.38. The van der Waals surface area contributed by atoms with Crippen LogP contribution in [0.3, 0.4) is 0 Å². The number of rotatable bonds is 6. The first-order valence-corrected chi connectivity index (χ1v) is 8.66. The highest BCUT2D eigenvalue weighted by Gasteiger charge is 2.16. The fourth-order valence-corrected chi connectivity index (χ4v) is 3.17. The summed E-state index contributed by atoms with van der Waals surface area (Å²) in [5.74, 6) is 1.48. The van der Waals surface area contributed by atoms with Crippen molar-refractivity contribution in [2.45, 2.75) is 0 Å². The van der Waals surface area contributed by atoms with Gasteiger partial charge in [0.25, 0.3) is 5.91 Å². The number of anilines is 1. The summed E-state index contributed by atoms with van der Waals surface area (Å²) in [4.78, 5) is 17.1. The van der Waals surface area contributed by atoms with Crippen LogP contribution in [0, 0.1) is 0 Å². The number of carbonyl (C=O) groups excluding carboxylic acids is 1. The molecule has 0 bridgehead atoms. The third-order valence-electron chi connectivity index (χ3n) is 3.76. The van der Waals surface area contributed by atoms with Crippen LogP contribution in [-0.4, -0.2) is 32.2 Å². The quantitative estimate of drug-likeness (QED) is 0.708. The number of hydrogen-bond donors (Lipinski definition) is 1. The molecule has 0 unspecified atom stereocenters. The van der Waals surface area contributed by atoms with Crippen LogP contribution in [-0.2, 0) is 0 Å². The smallest absolute Gasteiger partial charge is 0.261 e. The van der Waals surface area contributed by atoms with Crippen LogP contribution in [0.2, 0.25) is 0 Å². The maximum Gasteiger partial charge on any atom is 0.261 e. The van der Waals surface area contributed by atoms with Crippen molar-refractivity contribution in [2.24, 2.45) is 0 Å². The van der Waals surface area contributed by atoms with Gasteiger partial charge in [0.1, 0.15) is 17.2 Å². The average Bonchev–Trinajstić information content (AvgIpc) is 3.15. The van der Waals surface area contributed by atoms with Crippen molar-refractivity contribution in [1.82, 2.24) is 4.98 Å². The van der Waals surface area contributed by atoms with Gasteiger partial charge < -0.3 is 14.2 Å². The van der Waals surface area contributed by atoms with Gasteiger partial charge in [-0.05, 0) is 24.3 Å². The van der Waals surface area contributed by atoms with Gasteiger partial charge in [0.05, 0.1) is 32.6 Å². The highest BCUT2D eigenvalue weighted by Crippen LogP contribution is 2.32. The van der Waals surface area contributed by atoms with Crippen LogP contribution in [0.5, 0.6) is 17.2 Å². The summed E-state index contributed by atoms with van der Waals surface area (Å²) in [6, 6.07) is 12.6. The minimum atomic E-state index is -0.301. The highest BCUT2D eigenvalue weighted by molar-refractivity contribution is 7.14. The first-order chi connectivity index (χ1) is 12.7. The summed E-state index contributed by atoms with van der Waals surface area (Å²) < 4.78 is 15.8. The minimum Gasteiger partial charge on any atom is -0.497 e. The molecule has 0 spiro atoms. The lowest BCUT2D eigenvalue weighted by Crippen LogP contribution is -2.13. The van der Waals surface area contributed by atoms with Crippen molar-refractivity contribution in [2.75, 3.05) is 26.6 Å². The molecule has 0 atom stereocenters. The Morgan fingerprint density at radius 3 is 2.50 bits per heavy atom. The van der Waals surface area contributed by atoms with E-state index < -0.39 is 0 Å². The first-order valence-electron chi connectivity index (χ1n) is 7.78. The molecule has 2 aromatic carbocycles. The van der Waals surface area contributed by atoms with Crippen molar-refractivity contribution in [3.63, 3.8) is 0 Å². The molecule has 0 radical (unpaired) electrons. The average molecular weight is 370 g/mol. The molecular weight excluding hydrogens is 352 g/mol. The van der Waals surface area contributed by atoms with Crippen molar-refractivity contribution in [3.8, 4) is 28.5 Å². The lowest BCUT2D eigenvalue weighted by atomic mass is 10.1. The molecule has 0 aliphatic carbocycles. The van der Waals surface area contributed by atoms with Crippen LogP contribution in [0.15, 0.2) is 47.8 Å². The molecule has 134 valence electrons. The zero-order valence-corrected chi connectivity index (χ0v) is 15.4. The van der Waals surface area contributed by atoms with Crippen LogP contribution >= 0.6 is 11.3 Å². The normalized spacial score (nSPS) is 10.3. The Morgan fingerprint density at radius 1 is 1.00 bits per heavy atom. The Bertz CT molecular complexity index is 923. The third kappa shape index (κ3) is 3.62. The van der Waals surface area contributed by atoms with Gasteiger partial charge in [0.15, 0.2) is 5.13 Å². The molecule has 0 aliphatic heterocycles. The van der Waals surface area contributed by atoms with Gasteiger partial charge in [0.2, 0.25) is 0 Å². The monoisotopic (exact) mass is 370 g/mol. The van der Waals surface area contributed by atoms with Crippen molar-refractivity contribution in [1.29, 1.82) is 0 Å². The maximum absolute atomic E-state index is 12.6. The lowest BCUT2D eigenvalue weighted by molar-refractivity contribution is 0.102.